The second-order valence-corrected chi connectivity index (χ2v) is 6.61. The monoisotopic (exact) mass is 421 g/mol. The molecule has 0 fully saturated rings. The number of alkyl halides is 3. The molecule has 3 rings (SSSR count). The highest BCUT2D eigenvalue weighted by molar-refractivity contribution is 5.87. The molecule has 1 N–H and O–H groups in total. The molecule has 0 saturated heterocycles. The van der Waals surface area contributed by atoms with E-state index in [-0.39, 0.29) is 28.1 Å². The van der Waals surface area contributed by atoms with Gasteiger partial charge in [-0.1, -0.05) is 0 Å². The van der Waals surface area contributed by atoms with E-state index in [1.54, 1.807) is 0 Å². The minimum absolute atomic E-state index is 0.0149. The van der Waals surface area contributed by atoms with Gasteiger partial charge in [-0.25, -0.2) is 19.7 Å². The first-order valence-electron chi connectivity index (χ1n) is 8.79. The van der Waals surface area contributed by atoms with Gasteiger partial charge in [0.2, 0.25) is 0 Å². The average Bonchev–Trinajstić information content (AvgIpc) is 2.70. The lowest BCUT2D eigenvalue weighted by Crippen LogP contribution is -2.24. The molecule has 0 aliphatic rings. The Morgan fingerprint density at radius 2 is 1.97 bits per heavy atom. The summed E-state index contributed by atoms with van der Waals surface area (Å²) in [5.41, 5.74) is -1.66. The van der Waals surface area contributed by atoms with Gasteiger partial charge in [0.05, 0.1) is 30.4 Å². The van der Waals surface area contributed by atoms with Gasteiger partial charge in [0.15, 0.2) is 11.3 Å². The van der Waals surface area contributed by atoms with Crippen LogP contribution in [0.5, 0.6) is 0 Å². The largest absolute Gasteiger partial charge is 0.464 e. The number of aromatic nitrogens is 4. The molecule has 0 saturated carbocycles. The fourth-order valence-electron chi connectivity index (χ4n) is 2.91. The Morgan fingerprint density at radius 1 is 1.27 bits per heavy atom. The molecule has 0 aliphatic heterocycles. The van der Waals surface area contributed by atoms with E-state index in [2.05, 4.69) is 25.0 Å². The molecule has 1 atom stereocenters. The van der Waals surface area contributed by atoms with Crippen LogP contribution in [0, 0.1) is 6.92 Å². The molecule has 0 bridgehead atoms. The molecular formula is C19H18F3N5O3. The number of anilines is 1. The third kappa shape index (κ3) is 3.95. The quantitative estimate of drug-likeness (QED) is 0.647. The Hall–Kier alpha value is -3.50. The Kier molecular flexibility index (Phi) is 5.47. The summed E-state index contributed by atoms with van der Waals surface area (Å²) in [6, 6.07) is 3.15. The fourth-order valence-corrected chi connectivity index (χ4v) is 2.91. The zero-order valence-electron chi connectivity index (χ0n) is 16.5. The molecule has 0 aliphatic carbocycles. The second kappa shape index (κ2) is 7.73. The molecule has 3 heterocycles. The fraction of sp³-hybridized carbons (Fsp3) is 0.316. The topological polar surface area (TPSA) is 99.0 Å². The van der Waals surface area contributed by atoms with Gasteiger partial charge in [-0.05, 0) is 32.0 Å². The number of aryl methyl sites for hydroxylation is 1. The number of rotatable bonds is 4. The van der Waals surface area contributed by atoms with Gasteiger partial charge in [-0.2, -0.15) is 13.2 Å². The van der Waals surface area contributed by atoms with Gasteiger partial charge in [-0.15, -0.1) is 0 Å². The van der Waals surface area contributed by atoms with Crippen LogP contribution in [0.3, 0.4) is 0 Å². The van der Waals surface area contributed by atoms with Gasteiger partial charge in [0.1, 0.15) is 11.5 Å². The van der Waals surface area contributed by atoms with Crippen molar-refractivity contribution in [2.75, 3.05) is 12.4 Å². The van der Waals surface area contributed by atoms with Crippen molar-refractivity contribution < 1.29 is 22.7 Å². The highest BCUT2D eigenvalue weighted by Gasteiger charge is 2.37. The van der Waals surface area contributed by atoms with Crippen LogP contribution in [0.15, 0.2) is 29.2 Å². The summed E-state index contributed by atoms with van der Waals surface area (Å²) >= 11 is 0. The molecule has 0 amide bonds. The summed E-state index contributed by atoms with van der Waals surface area (Å²) in [7, 11) is 2.70. The lowest BCUT2D eigenvalue weighted by atomic mass is 10.0. The van der Waals surface area contributed by atoms with Crippen molar-refractivity contribution in [1.82, 2.24) is 19.5 Å². The van der Waals surface area contributed by atoms with Crippen molar-refractivity contribution in [3.05, 3.63) is 57.5 Å². The van der Waals surface area contributed by atoms with E-state index in [0.717, 1.165) is 6.07 Å². The van der Waals surface area contributed by atoms with Crippen molar-refractivity contribution in [3.63, 3.8) is 0 Å². The molecule has 11 heteroatoms. The maximum absolute atomic E-state index is 13.7. The SMILES string of the molecule is COC(=O)c1ccc(NC(C)c2cc3c(=O)n(C)c(C)nc3nc2C(F)(F)F)cn1. The van der Waals surface area contributed by atoms with Crippen LogP contribution in [-0.4, -0.2) is 32.6 Å². The number of halogens is 3. The molecular weight excluding hydrogens is 403 g/mol. The van der Waals surface area contributed by atoms with Crippen molar-refractivity contribution in [3.8, 4) is 0 Å². The molecule has 1 unspecified atom stereocenters. The number of carbonyl (C=O) groups is 1. The summed E-state index contributed by atoms with van der Waals surface area (Å²) < 4.78 is 46.8. The average molecular weight is 421 g/mol. The van der Waals surface area contributed by atoms with E-state index in [9.17, 15) is 22.8 Å². The van der Waals surface area contributed by atoms with Gasteiger partial charge < -0.3 is 10.1 Å². The number of carbonyl (C=O) groups excluding carboxylic acids is 1. The highest BCUT2D eigenvalue weighted by Crippen LogP contribution is 2.35. The van der Waals surface area contributed by atoms with E-state index in [4.69, 9.17) is 0 Å². The smallest absolute Gasteiger partial charge is 0.433 e. The number of hydrogen-bond acceptors (Lipinski definition) is 7. The van der Waals surface area contributed by atoms with Crippen LogP contribution in [0.4, 0.5) is 18.9 Å². The molecule has 0 spiro atoms. The van der Waals surface area contributed by atoms with Crippen LogP contribution in [-0.2, 0) is 18.0 Å². The Bertz CT molecular complexity index is 1170. The van der Waals surface area contributed by atoms with Crippen LogP contribution in [0.1, 0.15) is 40.5 Å². The summed E-state index contributed by atoms with van der Waals surface area (Å²) in [4.78, 5) is 35.5. The number of nitrogens with zero attached hydrogens (tertiary/aromatic N) is 4. The Labute approximate surface area is 168 Å². The van der Waals surface area contributed by atoms with Crippen LogP contribution < -0.4 is 10.9 Å². The third-order valence-corrected chi connectivity index (χ3v) is 4.60. The van der Waals surface area contributed by atoms with E-state index in [1.165, 1.54) is 50.9 Å². The summed E-state index contributed by atoms with van der Waals surface area (Å²) in [5.74, 6) is -0.379. The predicted octanol–water partition coefficient (Wildman–Crippen LogP) is 3.01. The number of ether oxygens (including phenoxy) is 1. The number of pyridine rings is 2. The van der Waals surface area contributed by atoms with Crippen LogP contribution >= 0.6 is 0 Å². The lowest BCUT2D eigenvalue weighted by Gasteiger charge is -2.20. The van der Waals surface area contributed by atoms with Gasteiger partial charge in [0.25, 0.3) is 5.56 Å². The summed E-state index contributed by atoms with van der Waals surface area (Å²) in [6.07, 6.45) is -3.45. The molecule has 3 aromatic rings. The number of nitrogens with one attached hydrogen (secondary N) is 1. The normalized spacial score (nSPS) is 12.6. The van der Waals surface area contributed by atoms with Gasteiger partial charge in [0, 0.05) is 12.6 Å². The highest BCUT2D eigenvalue weighted by atomic mass is 19.4. The minimum atomic E-state index is -4.75. The van der Waals surface area contributed by atoms with Crippen molar-refractivity contribution in [2.45, 2.75) is 26.1 Å². The molecule has 0 aromatic carbocycles. The van der Waals surface area contributed by atoms with Crippen molar-refractivity contribution >= 4 is 22.7 Å². The number of hydrogen-bond donors (Lipinski definition) is 1. The van der Waals surface area contributed by atoms with Crippen molar-refractivity contribution in [2.24, 2.45) is 7.05 Å². The predicted molar refractivity (Wildman–Crippen MR) is 102 cm³/mol. The first-order chi connectivity index (χ1) is 14.0. The molecule has 30 heavy (non-hydrogen) atoms. The second-order valence-electron chi connectivity index (χ2n) is 6.61. The van der Waals surface area contributed by atoms with E-state index in [1.807, 2.05) is 0 Å². The van der Waals surface area contributed by atoms with Crippen LogP contribution in [0.25, 0.3) is 11.0 Å². The summed E-state index contributed by atoms with van der Waals surface area (Å²) in [6.45, 7) is 3.01. The van der Waals surface area contributed by atoms with E-state index < -0.39 is 29.4 Å². The zero-order chi connectivity index (χ0) is 22.2. The minimum Gasteiger partial charge on any atom is -0.464 e. The van der Waals surface area contributed by atoms with Crippen molar-refractivity contribution in [1.29, 1.82) is 0 Å². The Balaban J connectivity index is 2.06. The summed E-state index contributed by atoms with van der Waals surface area (Å²) in [5, 5.41) is 2.87. The van der Waals surface area contributed by atoms with E-state index in [0.29, 0.717) is 5.69 Å². The molecule has 158 valence electrons. The molecule has 8 nitrogen and oxygen atoms in total. The first kappa shape index (κ1) is 21.2. The molecule has 0 radical (unpaired) electrons. The molecule has 3 aromatic heterocycles. The van der Waals surface area contributed by atoms with Gasteiger partial charge >= 0.3 is 12.1 Å². The maximum atomic E-state index is 13.7. The van der Waals surface area contributed by atoms with Crippen LogP contribution in [0.2, 0.25) is 0 Å². The Morgan fingerprint density at radius 3 is 2.53 bits per heavy atom. The van der Waals surface area contributed by atoms with E-state index >= 15 is 0 Å². The number of esters is 1. The number of methoxy groups -OCH3 is 1. The first-order valence-corrected chi connectivity index (χ1v) is 8.79. The number of fused-ring (bicyclic) bond motifs is 1. The van der Waals surface area contributed by atoms with Gasteiger partial charge in [-0.3, -0.25) is 9.36 Å². The standard InChI is InChI=1S/C19H18F3N5O3/c1-9(24-11-5-6-14(23-8-11)18(29)30-4)12-7-13-16(26-15(12)19(20,21)22)25-10(2)27(3)17(13)28/h5-9,24H,1-4H3. The third-order valence-electron chi connectivity index (χ3n) is 4.60. The lowest BCUT2D eigenvalue weighted by molar-refractivity contribution is -0.141. The maximum Gasteiger partial charge on any atom is 0.433 e. The zero-order valence-corrected chi connectivity index (χ0v) is 16.5.